The molecule has 80 valence electrons. The van der Waals surface area contributed by atoms with Crippen molar-refractivity contribution in [2.24, 2.45) is 0 Å². The third-order valence-electron chi connectivity index (χ3n) is 2.02. The molecular weight excluding hydrogens is 194 g/mol. The molecule has 0 saturated carbocycles. The molecule has 0 aromatic heterocycles. The fraction of sp³-hybridized carbons (Fsp3) is 0.273. The van der Waals surface area contributed by atoms with Gasteiger partial charge in [0, 0.05) is 0 Å². The van der Waals surface area contributed by atoms with Gasteiger partial charge in [-0.3, -0.25) is 4.79 Å². The van der Waals surface area contributed by atoms with Crippen molar-refractivity contribution in [3.05, 3.63) is 35.9 Å². The number of carbonyl (C=O) groups is 2. The normalized spacial score (nSPS) is 11.6. The number of rotatable bonds is 2. The average molecular weight is 207 g/mol. The van der Waals surface area contributed by atoms with Gasteiger partial charge in [-0.2, -0.15) is 0 Å². The van der Waals surface area contributed by atoms with Crippen LogP contribution in [0.25, 0.3) is 0 Å². The van der Waals surface area contributed by atoms with E-state index in [0.717, 1.165) is 5.56 Å². The highest BCUT2D eigenvalue weighted by Gasteiger charge is 2.16. The van der Waals surface area contributed by atoms with Crippen molar-refractivity contribution in [2.75, 3.05) is 7.11 Å². The largest absolute Gasteiger partial charge is 0.462 e. The predicted molar refractivity (Wildman–Crippen MR) is 55.0 cm³/mol. The molecule has 15 heavy (non-hydrogen) atoms. The van der Waals surface area contributed by atoms with Gasteiger partial charge in [-0.1, -0.05) is 30.3 Å². The number of benzene rings is 1. The van der Waals surface area contributed by atoms with E-state index >= 15 is 0 Å². The van der Waals surface area contributed by atoms with Crippen molar-refractivity contribution in [2.45, 2.75) is 13.0 Å². The van der Waals surface area contributed by atoms with Crippen LogP contribution in [0.3, 0.4) is 0 Å². The summed E-state index contributed by atoms with van der Waals surface area (Å²) >= 11 is 0. The molecule has 1 aromatic carbocycles. The third-order valence-corrected chi connectivity index (χ3v) is 2.02. The summed E-state index contributed by atoms with van der Waals surface area (Å²) in [6, 6.07) is 9.17. The molecule has 4 heteroatoms. The van der Waals surface area contributed by atoms with E-state index in [-0.39, 0.29) is 6.04 Å². The molecule has 0 spiro atoms. The van der Waals surface area contributed by atoms with Gasteiger partial charge in [-0.15, -0.1) is 0 Å². The quantitative estimate of drug-likeness (QED) is 0.582. The molecule has 0 fully saturated rings. The Morgan fingerprint density at radius 3 is 2.40 bits per heavy atom. The summed E-state index contributed by atoms with van der Waals surface area (Å²) in [4.78, 5) is 22.0. The standard InChI is InChI=1S/C11H13NO3/c1-8(9-6-4-3-5-7-9)12-10(13)11(14)15-2/h3-8H,1-2H3,(H,12,13). The number of esters is 1. The van der Waals surface area contributed by atoms with Crippen molar-refractivity contribution in [1.82, 2.24) is 5.32 Å². The van der Waals surface area contributed by atoms with E-state index in [2.05, 4.69) is 10.1 Å². The van der Waals surface area contributed by atoms with Gasteiger partial charge in [0.1, 0.15) is 0 Å². The molecule has 0 aliphatic heterocycles. The van der Waals surface area contributed by atoms with Gasteiger partial charge >= 0.3 is 11.9 Å². The van der Waals surface area contributed by atoms with E-state index in [1.165, 1.54) is 7.11 Å². The smallest absolute Gasteiger partial charge is 0.396 e. The second kappa shape index (κ2) is 5.14. The third kappa shape index (κ3) is 3.09. The van der Waals surface area contributed by atoms with Crippen LogP contribution in [-0.4, -0.2) is 19.0 Å². The topological polar surface area (TPSA) is 55.4 Å². The maximum absolute atomic E-state index is 11.2. The van der Waals surface area contributed by atoms with Crippen LogP contribution >= 0.6 is 0 Å². The van der Waals surface area contributed by atoms with E-state index in [0.29, 0.717) is 0 Å². The molecule has 4 nitrogen and oxygen atoms in total. The Morgan fingerprint density at radius 1 is 1.27 bits per heavy atom. The molecule has 1 aromatic rings. The van der Waals surface area contributed by atoms with Crippen LogP contribution in [0, 0.1) is 0 Å². The first-order valence-electron chi connectivity index (χ1n) is 4.59. The van der Waals surface area contributed by atoms with Gasteiger partial charge in [0.15, 0.2) is 0 Å². The minimum absolute atomic E-state index is 0.210. The number of nitrogens with one attached hydrogen (secondary N) is 1. The summed E-state index contributed by atoms with van der Waals surface area (Å²) in [6.45, 7) is 1.80. The first kappa shape index (κ1) is 11.2. The monoisotopic (exact) mass is 207 g/mol. The summed E-state index contributed by atoms with van der Waals surface area (Å²) < 4.78 is 4.30. The summed E-state index contributed by atoms with van der Waals surface area (Å²) in [5.41, 5.74) is 0.940. The Bertz CT molecular complexity index is 348. The highest BCUT2D eigenvalue weighted by atomic mass is 16.5. The number of ether oxygens (including phenoxy) is 1. The van der Waals surface area contributed by atoms with E-state index in [4.69, 9.17) is 0 Å². The average Bonchev–Trinajstić information content (AvgIpc) is 2.29. The Balaban J connectivity index is 2.60. The van der Waals surface area contributed by atoms with Crippen molar-refractivity contribution in [3.8, 4) is 0 Å². The van der Waals surface area contributed by atoms with E-state index in [1.807, 2.05) is 30.3 Å². The number of hydrogen-bond donors (Lipinski definition) is 1. The molecule has 1 amide bonds. The molecular formula is C11H13NO3. The molecule has 1 unspecified atom stereocenters. The summed E-state index contributed by atoms with van der Waals surface area (Å²) in [7, 11) is 1.18. The Morgan fingerprint density at radius 2 is 1.87 bits per heavy atom. The fourth-order valence-electron chi connectivity index (χ4n) is 1.17. The van der Waals surface area contributed by atoms with Gasteiger partial charge in [-0.25, -0.2) is 4.79 Å². The lowest BCUT2D eigenvalue weighted by atomic mass is 10.1. The van der Waals surface area contributed by atoms with Crippen LogP contribution in [0.1, 0.15) is 18.5 Å². The second-order valence-corrected chi connectivity index (χ2v) is 3.10. The molecule has 0 heterocycles. The first-order chi connectivity index (χ1) is 7.15. The Kier molecular flexibility index (Phi) is 3.85. The van der Waals surface area contributed by atoms with Crippen LogP contribution in [-0.2, 0) is 14.3 Å². The second-order valence-electron chi connectivity index (χ2n) is 3.10. The van der Waals surface area contributed by atoms with Crippen LogP contribution in [0.5, 0.6) is 0 Å². The van der Waals surface area contributed by atoms with Crippen LogP contribution < -0.4 is 5.32 Å². The van der Waals surface area contributed by atoms with Crippen LogP contribution in [0.4, 0.5) is 0 Å². The predicted octanol–water partition coefficient (Wildman–Crippen LogP) is 1.04. The molecule has 0 saturated heterocycles. The molecule has 0 aliphatic rings. The highest BCUT2D eigenvalue weighted by molar-refractivity contribution is 6.32. The molecule has 1 rings (SSSR count). The summed E-state index contributed by atoms with van der Waals surface area (Å²) in [5.74, 6) is -1.60. The lowest BCUT2D eigenvalue weighted by Crippen LogP contribution is -2.33. The van der Waals surface area contributed by atoms with Crippen molar-refractivity contribution >= 4 is 11.9 Å². The maximum atomic E-state index is 11.2. The van der Waals surface area contributed by atoms with Gasteiger partial charge < -0.3 is 10.1 Å². The molecule has 0 radical (unpaired) electrons. The Hall–Kier alpha value is -1.84. The van der Waals surface area contributed by atoms with Crippen molar-refractivity contribution in [3.63, 3.8) is 0 Å². The van der Waals surface area contributed by atoms with Crippen LogP contribution in [0.2, 0.25) is 0 Å². The number of hydrogen-bond acceptors (Lipinski definition) is 3. The van der Waals surface area contributed by atoms with E-state index < -0.39 is 11.9 Å². The zero-order chi connectivity index (χ0) is 11.3. The maximum Gasteiger partial charge on any atom is 0.396 e. The van der Waals surface area contributed by atoms with Crippen molar-refractivity contribution < 1.29 is 14.3 Å². The number of carbonyl (C=O) groups excluding carboxylic acids is 2. The van der Waals surface area contributed by atoms with Crippen LogP contribution in [0.15, 0.2) is 30.3 Å². The van der Waals surface area contributed by atoms with Gasteiger partial charge in [-0.05, 0) is 12.5 Å². The summed E-state index contributed by atoms with van der Waals surface area (Å²) in [5, 5.41) is 2.53. The lowest BCUT2D eigenvalue weighted by Gasteiger charge is -2.12. The van der Waals surface area contributed by atoms with Gasteiger partial charge in [0.2, 0.25) is 0 Å². The lowest BCUT2D eigenvalue weighted by molar-refractivity contribution is -0.153. The van der Waals surface area contributed by atoms with Crippen molar-refractivity contribution in [1.29, 1.82) is 0 Å². The van der Waals surface area contributed by atoms with Gasteiger partial charge in [0.05, 0.1) is 13.2 Å². The fourth-order valence-corrected chi connectivity index (χ4v) is 1.17. The zero-order valence-electron chi connectivity index (χ0n) is 8.69. The number of methoxy groups -OCH3 is 1. The molecule has 0 aliphatic carbocycles. The molecule has 0 bridgehead atoms. The zero-order valence-corrected chi connectivity index (χ0v) is 8.69. The molecule has 1 N–H and O–H groups in total. The van der Waals surface area contributed by atoms with Gasteiger partial charge in [0.25, 0.3) is 0 Å². The highest BCUT2D eigenvalue weighted by Crippen LogP contribution is 2.10. The van der Waals surface area contributed by atoms with E-state index in [1.54, 1.807) is 6.92 Å². The minimum atomic E-state index is -0.877. The minimum Gasteiger partial charge on any atom is -0.462 e. The first-order valence-corrected chi connectivity index (χ1v) is 4.59. The number of amides is 1. The summed E-state index contributed by atoms with van der Waals surface area (Å²) in [6.07, 6.45) is 0. The SMILES string of the molecule is COC(=O)C(=O)NC(C)c1ccccc1. The Labute approximate surface area is 88.2 Å². The molecule has 1 atom stereocenters. The van der Waals surface area contributed by atoms with E-state index in [9.17, 15) is 9.59 Å².